The van der Waals surface area contributed by atoms with Gasteiger partial charge in [0.15, 0.2) is 0 Å². The van der Waals surface area contributed by atoms with Crippen LogP contribution in [0.15, 0.2) is 42.5 Å². The molecule has 2 aromatic carbocycles. The van der Waals surface area contributed by atoms with Gasteiger partial charge < -0.3 is 19.1 Å². The number of benzene rings is 2. The van der Waals surface area contributed by atoms with Crippen molar-refractivity contribution < 1.29 is 33.0 Å². The first kappa shape index (κ1) is 25.1. The Morgan fingerprint density at radius 1 is 1.24 bits per heavy atom. The van der Waals surface area contributed by atoms with Crippen LogP contribution in [-0.2, 0) is 27.1 Å². The number of hydrogen-bond donors (Lipinski definition) is 1. The molecule has 10 heteroatoms. The van der Waals surface area contributed by atoms with Crippen molar-refractivity contribution in [1.29, 1.82) is 0 Å². The Balaban J connectivity index is 1.67. The monoisotopic (exact) mass is 513 g/mol. The van der Waals surface area contributed by atoms with Crippen LogP contribution in [-0.4, -0.2) is 59.0 Å². The molecule has 3 aromatic rings. The summed E-state index contributed by atoms with van der Waals surface area (Å²) >= 11 is 0. The van der Waals surface area contributed by atoms with E-state index in [1.807, 2.05) is 6.92 Å². The SMILES string of the molecule is COC(=O)N1c2ccc3c(nc(CC(C(=O)O)c4ccccc4)n3[C@H]3COCC(F)(F)C3)c2CC[C@@H]1C. The van der Waals surface area contributed by atoms with Crippen LogP contribution in [0.1, 0.15) is 48.7 Å². The van der Waals surface area contributed by atoms with Crippen molar-refractivity contribution in [2.45, 2.75) is 56.5 Å². The summed E-state index contributed by atoms with van der Waals surface area (Å²) in [7, 11) is 1.33. The number of carbonyl (C=O) groups is 2. The zero-order chi connectivity index (χ0) is 26.3. The van der Waals surface area contributed by atoms with Gasteiger partial charge >= 0.3 is 12.1 Å². The number of halogens is 2. The quantitative estimate of drug-likeness (QED) is 0.519. The van der Waals surface area contributed by atoms with Crippen molar-refractivity contribution in [2.75, 3.05) is 25.2 Å². The van der Waals surface area contributed by atoms with Gasteiger partial charge in [0.1, 0.15) is 12.4 Å². The number of carbonyl (C=O) groups excluding carboxylic acids is 1. The summed E-state index contributed by atoms with van der Waals surface area (Å²) in [6.45, 7) is 1.36. The van der Waals surface area contributed by atoms with E-state index in [0.717, 1.165) is 5.56 Å². The van der Waals surface area contributed by atoms with E-state index in [0.29, 0.717) is 41.0 Å². The summed E-state index contributed by atoms with van der Waals surface area (Å²) < 4.78 is 40.8. The van der Waals surface area contributed by atoms with E-state index in [-0.39, 0.29) is 19.1 Å². The highest BCUT2D eigenvalue weighted by atomic mass is 19.3. The van der Waals surface area contributed by atoms with Crippen molar-refractivity contribution in [3.05, 3.63) is 59.4 Å². The van der Waals surface area contributed by atoms with Gasteiger partial charge in [0, 0.05) is 24.4 Å². The van der Waals surface area contributed by atoms with Crippen LogP contribution < -0.4 is 4.90 Å². The van der Waals surface area contributed by atoms with Gasteiger partial charge in [-0.15, -0.1) is 0 Å². The molecule has 5 rings (SSSR count). The molecule has 0 saturated carbocycles. The number of alkyl halides is 2. The molecule has 0 radical (unpaired) electrons. The molecule has 1 unspecified atom stereocenters. The third-order valence-electron chi connectivity index (χ3n) is 7.31. The fraction of sp³-hybridized carbons (Fsp3) is 0.444. The molecule has 37 heavy (non-hydrogen) atoms. The minimum absolute atomic E-state index is 0.0159. The minimum Gasteiger partial charge on any atom is -0.481 e. The molecule has 2 aliphatic rings. The number of fused-ring (bicyclic) bond motifs is 3. The maximum atomic E-state index is 14.4. The van der Waals surface area contributed by atoms with Crippen LogP contribution in [0.5, 0.6) is 0 Å². The highest BCUT2D eigenvalue weighted by Crippen LogP contribution is 2.40. The molecule has 2 aliphatic heterocycles. The van der Waals surface area contributed by atoms with Crippen LogP contribution in [0.4, 0.5) is 19.3 Å². The molecule has 0 aliphatic carbocycles. The van der Waals surface area contributed by atoms with E-state index < -0.39 is 43.0 Å². The Labute approximate surface area is 212 Å². The number of carboxylic acids is 1. The van der Waals surface area contributed by atoms with Crippen LogP contribution in [0, 0.1) is 0 Å². The number of aryl methyl sites for hydroxylation is 1. The van der Waals surface area contributed by atoms with Crippen molar-refractivity contribution in [2.24, 2.45) is 0 Å². The first-order chi connectivity index (χ1) is 17.7. The number of aromatic nitrogens is 2. The smallest absolute Gasteiger partial charge is 0.414 e. The van der Waals surface area contributed by atoms with Gasteiger partial charge in [-0.2, -0.15) is 0 Å². The molecular weight excluding hydrogens is 484 g/mol. The van der Waals surface area contributed by atoms with Crippen LogP contribution in [0.2, 0.25) is 0 Å². The number of anilines is 1. The average molecular weight is 514 g/mol. The fourth-order valence-corrected chi connectivity index (χ4v) is 5.56. The highest BCUT2D eigenvalue weighted by molar-refractivity contribution is 5.95. The Morgan fingerprint density at radius 2 is 2.00 bits per heavy atom. The molecule has 1 saturated heterocycles. The number of ether oxygens (including phenoxy) is 2. The maximum absolute atomic E-state index is 14.4. The molecule has 1 amide bonds. The molecule has 1 fully saturated rings. The Kier molecular flexibility index (Phi) is 6.61. The number of carboxylic acid groups (broad SMARTS) is 1. The fourth-order valence-electron chi connectivity index (χ4n) is 5.56. The minimum atomic E-state index is -3.01. The van der Waals surface area contributed by atoms with Gasteiger partial charge in [-0.1, -0.05) is 30.3 Å². The summed E-state index contributed by atoms with van der Waals surface area (Å²) in [6, 6.07) is 11.6. The number of hydrogen-bond acceptors (Lipinski definition) is 5. The second kappa shape index (κ2) is 9.74. The van der Waals surface area contributed by atoms with Crippen molar-refractivity contribution >= 4 is 28.8 Å². The third-order valence-corrected chi connectivity index (χ3v) is 7.31. The number of imidazole rings is 1. The molecular formula is C27H29F2N3O5. The summed E-state index contributed by atoms with van der Waals surface area (Å²) in [6.07, 6.45) is 0.410. The summed E-state index contributed by atoms with van der Waals surface area (Å²) in [5.74, 6) is -4.55. The van der Waals surface area contributed by atoms with E-state index in [9.17, 15) is 23.5 Å². The predicted molar refractivity (Wildman–Crippen MR) is 132 cm³/mol. The zero-order valence-corrected chi connectivity index (χ0v) is 20.7. The second-order valence-corrected chi connectivity index (χ2v) is 9.79. The second-order valence-electron chi connectivity index (χ2n) is 9.79. The van der Waals surface area contributed by atoms with Crippen LogP contribution in [0.25, 0.3) is 11.0 Å². The van der Waals surface area contributed by atoms with Gasteiger partial charge in [-0.25, -0.2) is 18.6 Å². The summed E-state index contributed by atoms with van der Waals surface area (Å²) in [5, 5.41) is 10.1. The normalized spacial score (nSPS) is 21.9. The lowest BCUT2D eigenvalue weighted by Gasteiger charge is -2.34. The van der Waals surface area contributed by atoms with E-state index in [1.165, 1.54) is 7.11 Å². The third kappa shape index (κ3) is 4.66. The molecule has 0 spiro atoms. The largest absolute Gasteiger partial charge is 0.481 e. The lowest BCUT2D eigenvalue weighted by Crippen LogP contribution is -2.42. The van der Waals surface area contributed by atoms with Gasteiger partial charge in [0.2, 0.25) is 0 Å². The number of rotatable bonds is 5. The number of amides is 1. The molecule has 1 aromatic heterocycles. The Hall–Kier alpha value is -3.53. The first-order valence-electron chi connectivity index (χ1n) is 12.3. The van der Waals surface area contributed by atoms with E-state index in [2.05, 4.69) is 0 Å². The van der Waals surface area contributed by atoms with Gasteiger partial charge in [0.05, 0.1) is 42.4 Å². The molecule has 3 atom stereocenters. The van der Waals surface area contributed by atoms with Gasteiger partial charge in [0.25, 0.3) is 5.92 Å². The Bertz CT molecular complexity index is 1330. The van der Waals surface area contributed by atoms with Gasteiger partial charge in [-0.3, -0.25) is 9.69 Å². The zero-order valence-electron chi connectivity index (χ0n) is 20.7. The van der Waals surface area contributed by atoms with E-state index in [1.54, 1.807) is 51.9 Å². The maximum Gasteiger partial charge on any atom is 0.414 e. The van der Waals surface area contributed by atoms with Crippen molar-refractivity contribution in [3.8, 4) is 0 Å². The molecule has 3 heterocycles. The molecule has 1 N–H and O–H groups in total. The summed E-state index contributed by atoms with van der Waals surface area (Å²) in [4.78, 5) is 31.3. The van der Waals surface area contributed by atoms with E-state index in [4.69, 9.17) is 14.5 Å². The number of methoxy groups -OCH3 is 1. The Morgan fingerprint density at radius 3 is 2.68 bits per heavy atom. The highest BCUT2D eigenvalue weighted by Gasteiger charge is 2.40. The first-order valence-corrected chi connectivity index (χ1v) is 12.3. The molecule has 196 valence electrons. The molecule has 0 bridgehead atoms. The standard InChI is InChI=1S/C27H29F2N3O5/c1-16-8-9-19-21(31(16)26(35)36-2)10-11-22-24(19)30-23(32(22)18-13-27(28,29)15-37-14-18)12-20(25(33)34)17-6-4-3-5-7-17/h3-7,10-11,16,18,20H,8-9,12-15H2,1-2H3,(H,33,34)/t16-,18+,20?/m0/s1. The van der Waals surface area contributed by atoms with Crippen molar-refractivity contribution in [1.82, 2.24) is 9.55 Å². The topological polar surface area (TPSA) is 93.9 Å². The van der Waals surface area contributed by atoms with Crippen LogP contribution in [0.3, 0.4) is 0 Å². The van der Waals surface area contributed by atoms with Crippen molar-refractivity contribution in [3.63, 3.8) is 0 Å². The number of nitrogens with zero attached hydrogens (tertiary/aromatic N) is 3. The van der Waals surface area contributed by atoms with Crippen LogP contribution >= 0.6 is 0 Å². The molecule has 8 nitrogen and oxygen atoms in total. The van der Waals surface area contributed by atoms with E-state index >= 15 is 0 Å². The average Bonchev–Trinajstić information content (AvgIpc) is 3.25. The number of aliphatic carboxylic acids is 1. The predicted octanol–water partition coefficient (Wildman–Crippen LogP) is 4.95. The van der Waals surface area contributed by atoms with Gasteiger partial charge in [-0.05, 0) is 37.5 Å². The lowest BCUT2D eigenvalue weighted by atomic mass is 9.95. The lowest BCUT2D eigenvalue weighted by molar-refractivity contribution is -0.139. The summed E-state index contributed by atoms with van der Waals surface area (Å²) in [5.41, 5.74) is 3.29.